The van der Waals surface area contributed by atoms with Gasteiger partial charge in [0.25, 0.3) is 0 Å². The fourth-order valence-corrected chi connectivity index (χ4v) is 1.01. The van der Waals surface area contributed by atoms with Gasteiger partial charge in [-0.15, -0.1) is 0 Å². The molecular formula is C9H12NO2+. The Morgan fingerprint density at radius 2 is 2.08 bits per heavy atom. The first-order valence-electron chi connectivity index (χ1n) is 3.96. The second-order valence-electron chi connectivity index (χ2n) is 2.63. The maximum Gasteiger partial charge on any atom is 0.336 e. The third kappa shape index (κ3) is 2.05. The number of hydrogen-bond donors (Lipinski definition) is 1. The van der Waals surface area contributed by atoms with Gasteiger partial charge in [-0.2, -0.15) is 0 Å². The zero-order valence-corrected chi connectivity index (χ0v) is 7.03. The number of aromatic nitrogens is 1. The summed E-state index contributed by atoms with van der Waals surface area (Å²) in [5.41, 5.74) is 0.336. The summed E-state index contributed by atoms with van der Waals surface area (Å²) >= 11 is 0. The van der Waals surface area contributed by atoms with Crippen LogP contribution in [0.4, 0.5) is 0 Å². The number of carbonyl (C=O) groups is 1. The third-order valence-corrected chi connectivity index (χ3v) is 1.62. The van der Waals surface area contributed by atoms with E-state index in [-0.39, 0.29) is 0 Å². The number of hydrogen-bond acceptors (Lipinski definition) is 1. The van der Waals surface area contributed by atoms with E-state index in [2.05, 4.69) is 6.92 Å². The van der Waals surface area contributed by atoms with Crippen molar-refractivity contribution in [2.45, 2.75) is 19.9 Å². The lowest BCUT2D eigenvalue weighted by atomic mass is 10.3. The lowest BCUT2D eigenvalue weighted by Gasteiger charge is -1.93. The van der Waals surface area contributed by atoms with Crippen molar-refractivity contribution in [3.05, 3.63) is 30.1 Å². The molecule has 0 aliphatic rings. The highest BCUT2D eigenvalue weighted by molar-refractivity contribution is 5.87. The molecule has 0 atom stereocenters. The van der Waals surface area contributed by atoms with Crippen LogP contribution in [0.5, 0.6) is 0 Å². The van der Waals surface area contributed by atoms with E-state index in [9.17, 15) is 4.79 Å². The first-order chi connectivity index (χ1) is 5.74. The van der Waals surface area contributed by atoms with E-state index in [0.29, 0.717) is 5.56 Å². The molecule has 1 aromatic heterocycles. The highest BCUT2D eigenvalue weighted by atomic mass is 16.4. The Morgan fingerprint density at radius 3 is 2.50 bits per heavy atom. The predicted octanol–water partition coefficient (Wildman–Crippen LogP) is 1.08. The van der Waals surface area contributed by atoms with E-state index in [1.807, 2.05) is 4.57 Å². The van der Waals surface area contributed by atoms with Gasteiger partial charge in [0.15, 0.2) is 12.4 Å². The lowest BCUT2D eigenvalue weighted by molar-refractivity contribution is -0.697. The largest absolute Gasteiger partial charge is 0.478 e. The predicted molar refractivity (Wildman–Crippen MR) is 43.9 cm³/mol. The smallest absolute Gasteiger partial charge is 0.336 e. The van der Waals surface area contributed by atoms with Crippen LogP contribution in [0.1, 0.15) is 23.7 Å². The van der Waals surface area contributed by atoms with Gasteiger partial charge < -0.3 is 5.11 Å². The van der Waals surface area contributed by atoms with Crippen LogP contribution in [0.3, 0.4) is 0 Å². The fraction of sp³-hybridized carbons (Fsp3) is 0.333. The summed E-state index contributed by atoms with van der Waals surface area (Å²) in [6.45, 7) is 3.01. The molecule has 12 heavy (non-hydrogen) atoms. The van der Waals surface area contributed by atoms with Gasteiger partial charge in [-0.25, -0.2) is 9.36 Å². The molecule has 0 unspecified atom stereocenters. The first-order valence-corrected chi connectivity index (χ1v) is 3.96. The Kier molecular flexibility index (Phi) is 2.80. The summed E-state index contributed by atoms with van der Waals surface area (Å²) in [4.78, 5) is 10.5. The Labute approximate surface area is 71.3 Å². The van der Waals surface area contributed by atoms with Crippen LogP contribution in [0.15, 0.2) is 24.5 Å². The van der Waals surface area contributed by atoms with Crippen LogP contribution < -0.4 is 4.57 Å². The maximum absolute atomic E-state index is 10.5. The van der Waals surface area contributed by atoms with Gasteiger partial charge in [-0.3, -0.25) is 0 Å². The van der Waals surface area contributed by atoms with E-state index >= 15 is 0 Å². The third-order valence-electron chi connectivity index (χ3n) is 1.62. The van der Waals surface area contributed by atoms with Crippen LogP contribution in [-0.4, -0.2) is 11.1 Å². The summed E-state index contributed by atoms with van der Waals surface area (Å²) in [5.74, 6) is -0.876. The molecule has 0 amide bonds. The van der Waals surface area contributed by atoms with E-state index in [0.717, 1.165) is 13.0 Å². The number of aryl methyl sites for hydroxylation is 1. The Morgan fingerprint density at radius 1 is 1.50 bits per heavy atom. The number of carboxylic acid groups (broad SMARTS) is 1. The Balaban J connectivity index is 2.78. The van der Waals surface area contributed by atoms with Crippen LogP contribution >= 0.6 is 0 Å². The summed E-state index contributed by atoms with van der Waals surface area (Å²) in [7, 11) is 0. The molecule has 3 nitrogen and oxygen atoms in total. The van der Waals surface area contributed by atoms with Gasteiger partial charge in [0, 0.05) is 18.6 Å². The molecular weight excluding hydrogens is 154 g/mol. The first kappa shape index (κ1) is 8.71. The van der Waals surface area contributed by atoms with Crippen molar-refractivity contribution in [2.24, 2.45) is 0 Å². The molecule has 0 fully saturated rings. The van der Waals surface area contributed by atoms with Gasteiger partial charge in [-0.1, -0.05) is 6.92 Å². The zero-order chi connectivity index (χ0) is 8.97. The molecule has 3 heteroatoms. The van der Waals surface area contributed by atoms with Crippen molar-refractivity contribution in [1.29, 1.82) is 0 Å². The van der Waals surface area contributed by atoms with Crippen molar-refractivity contribution in [3.8, 4) is 0 Å². The SMILES string of the molecule is CCC[n+]1ccc(C(=O)O)cc1. The molecule has 0 bridgehead atoms. The molecule has 0 aliphatic carbocycles. The van der Waals surface area contributed by atoms with Crippen molar-refractivity contribution < 1.29 is 14.5 Å². The summed E-state index contributed by atoms with van der Waals surface area (Å²) in [6.07, 6.45) is 4.62. The second-order valence-corrected chi connectivity index (χ2v) is 2.63. The molecule has 0 spiro atoms. The number of pyridine rings is 1. The van der Waals surface area contributed by atoms with Crippen molar-refractivity contribution in [2.75, 3.05) is 0 Å². The molecule has 64 valence electrons. The monoisotopic (exact) mass is 166 g/mol. The minimum Gasteiger partial charge on any atom is -0.478 e. The molecule has 0 radical (unpaired) electrons. The van der Waals surface area contributed by atoms with Crippen LogP contribution in [-0.2, 0) is 6.54 Å². The highest BCUT2D eigenvalue weighted by Gasteiger charge is 2.04. The minimum atomic E-state index is -0.876. The molecule has 1 N–H and O–H groups in total. The average molecular weight is 166 g/mol. The summed E-state index contributed by atoms with van der Waals surface area (Å²) < 4.78 is 1.96. The second kappa shape index (κ2) is 3.85. The standard InChI is InChI=1S/C9H11NO2/c1-2-5-10-6-3-8(4-7-10)9(11)12/h3-4,6-7H,2,5H2,1H3/p+1. The number of rotatable bonds is 3. The molecule has 0 saturated heterocycles. The molecule has 0 aromatic carbocycles. The normalized spacial score (nSPS) is 9.75. The van der Waals surface area contributed by atoms with Crippen LogP contribution in [0.2, 0.25) is 0 Å². The van der Waals surface area contributed by atoms with Crippen molar-refractivity contribution in [1.82, 2.24) is 0 Å². The number of nitrogens with zero attached hydrogens (tertiary/aromatic N) is 1. The van der Waals surface area contributed by atoms with Gasteiger partial charge in [0.2, 0.25) is 0 Å². The summed E-state index contributed by atoms with van der Waals surface area (Å²) in [6, 6.07) is 3.22. The van der Waals surface area contributed by atoms with Crippen molar-refractivity contribution in [3.63, 3.8) is 0 Å². The fourth-order valence-electron chi connectivity index (χ4n) is 1.01. The van der Waals surface area contributed by atoms with E-state index in [1.54, 1.807) is 24.5 Å². The van der Waals surface area contributed by atoms with Crippen LogP contribution in [0, 0.1) is 0 Å². The van der Waals surface area contributed by atoms with E-state index in [1.165, 1.54) is 0 Å². The molecule has 0 aliphatic heterocycles. The van der Waals surface area contributed by atoms with Crippen LogP contribution in [0.25, 0.3) is 0 Å². The minimum absolute atomic E-state index is 0.336. The topological polar surface area (TPSA) is 41.2 Å². The maximum atomic E-state index is 10.5. The van der Waals surface area contributed by atoms with Gasteiger partial charge in [0.1, 0.15) is 6.54 Å². The Bertz CT molecular complexity index is 266. The molecule has 1 aromatic rings. The number of aromatic carboxylic acids is 1. The zero-order valence-electron chi connectivity index (χ0n) is 7.03. The average Bonchev–Trinajstić information content (AvgIpc) is 2.06. The lowest BCUT2D eigenvalue weighted by Crippen LogP contribution is -2.32. The summed E-state index contributed by atoms with van der Waals surface area (Å²) in [5, 5.41) is 8.60. The van der Waals surface area contributed by atoms with E-state index in [4.69, 9.17) is 5.11 Å². The molecule has 1 heterocycles. The van der Waals surface area contributed by atoms with Crippen molar-refractivity contribution >= 4 is 5.97 Å². The van der Waals surface area contributed by atoms with Gasteiger partial charge in [0.05, 0.1) is 5.56 Å². The highest BCUT2D eigenvalue weighted by Crippen LogP contribution is 1.93. The van der Waals surface area contributed by atoms with Gasteiger partial charge in [-0.05, 0) is 0 Å². The number of carboxylic acids is 1. The van der Waals surface area contributed by atoms with E-state index < -0.39 is 5.97 Å². The Hall–Kier alpha value is -1.38. The van der Waals surface area contributed by atoms with Gasteiger partial charge >= 0.3 is 5.97 Å². The molecule has 0 saturated carbocycles. The quantitative estimate of drug-likeness (QED) is 0.683. The molecule has 1 rings (SSSR count).